The molecule has 2 amide bonds. The van der Waals surface area contributed by atoms with Crippen LogP contribution in [-0.4, -0.2) is 53.0 Å². The molecule has 1 saturated heterocycles. The molecule has 1 rings (SSSR count). The van der Waals surface area contributed by atoms with Crippen LogP contribution in [0.4, 0.5) is 0 Å². The summed E-state index contributed by atoms with van der Waals surface area (Å²) < 4.78 is 0. The predicted octanol–water partition coefficient (Wildman–Crippen LogP) is -2.25. The topological polar surface area (TPSA) is 113 Å². The van der Waals surface area contributed by atoms with Gasteiger partial charge in [-0.05, 0) is 6.92 Å². The van der Waals surface area contributed by atoms with E-state index < -0.39 is 24.0 Å². The Morgan fingerprint density at radius 3 is 2.73 bits per heavy atom. The van der Waals surface area contributed by atoms with E-state index >= 15 is 0 Å². The number of primary amides is 1. The molecule has 0 bridgehead atoms. The number of hydrogen-bond donors (Lipinski definition) is 3. The zero-order chi connectivity index (χ0) is 11.6. The molecule has 7 heteroatoms. The Morgan fingerprint density at radius 2 is 2.27 bits per heavy atom. The van der Waals surface area contributed by atoms with Crippen LogP contribution in [-0.2, 0) is 14.4 Å². The zero-order valence-electron chi connectivity index (χ0n) is 8.27. The van der Waals surface area contributed by atoms with E-state index in [-0.39, 0.29) is 19.0 Å². The Hall–Kier alpha value is -1.63. The summed E-state index contributed by atoms with van der Waals surface area (Å²) >= 11 is 0. The fourth-order valence-electron chi connectivity index (χ4n) is 1.46. The first-order valence-corrected chi connectivity index (χ1v) is 4.48. The Labute approximate surface area is 86.2 Å². The lowest BCUT2D eigenvalue weighted by Gasteiger charge is -2.35. The molecule has 0 aromatic rings. The number of rotatable bonds is 3. The highest BCUT2D eigenvalue weighted by Crippen LogP contribution is 2.09. The number of carbonyl (C=O) groups is 3. The molecule has 2 unspecified atom stereocenters. The van der Waals surface area contributed by atoms with E-state index in [0.717, 1.165) is 0 Å². The minimum absolute atomic E-state index is 0.00815. The normalized spacial score (nSPS) is 24.3. The molecule has 1 fully saturated rings. The largest absolute Gasteiger partial charge is 0.480 e. The summed E-state index contributed by atoms with van der Waals surface area (Å²) in [4.78, 5) is 34.1. The lowest BCUT2D eigenvalue weighted by Crippen LogP contribution is -2.62. The van der Waals surface area contributed by atoms with Crippen LogP contribution in [0.5, 0.6) is 0 Å². The van der Waals surface area contributed by atoms with Gasteiger partial charge in [-0.25, -0.2) is 0 Å². The van der Waals surface area contributed by atoms with Gasteiger partial charge in [0.2, 0.25) is 11.8 Å². The molecule has 1 aliphatic rings. The van der Waals surface area contributed by atoms with Crippen LogP contribution >= 0.6 is 0 Å². The first-order chi connectivity index (χ1) is 6.93. The van der Waals surface area contributed by atoms with Crippen molar-refractivity contribution in [3.05, 3.63) is 0 Å². The minimum Gasteiger partial charge on any atom is -0.480 e. The first-order valence-electron chi connectivity index (χ1n) is 4.48. The Bertz CT molecular complexity index is 302. The molecule has 0 spiro atoms. The summed E-state index contributed by atoms with van der Waals surface area (Å²) in [6, 6.07) is -1.66. The molecule has 0 aromatic carbocycles. The van der Waals surface area contributed by atoms with Gasteiger partial charge in [-0.15, -0.1) is 0 Å². The van der Waals surface area contributed by atoms with Gasteiger partial charge in [0.05, 0.1) is 12.6 Å². The summed E-state index contributed by atoms with van der Waals surface area (Å²) in [7, 11) is 0. The van der Waals surface area contributed by atoms with Crippen molar-refractivity contribution in [1.29, 1.82) is 0 Å². The first kappa shape index (κ1) is 11.4. The quantitative estimate of drug-likeness (QED) is 0.492. The van der Waals surface area contributed by atoms with E-state index in [9.17, 15) is 14.4 Å². The lowest BCUT2D eigenvalue weighted by atomic mass is 10.1. The molecule has 0 aromatic heterocycles. The summed E-state index contributed by atoms with van der Waals surface area (Å²) in [5.74, 6) is -2.03. The number of carboxylic acids is 1. The monoisotopic (exact) mass is 215 g/mol. The van der Waals surface area contributed by atoms with Crippen molar-refractivity contribution in [2.45, 2.75) is 19.0 Å². The average Bonchev–Trinajstić information content (AvgIpc) is 2.15. The Morgan fingerprint density at radius 1 is 1.67 bits per heavy atom. The van der Waals surface area contributed by atoms with Gasteiger partial charge in [0.15, 0.2) is 0 Å². The molecular formula is C8H13N3O4. The van der Waals surface area contributed by atoms with Crippen LogP contribution in [0.2, 0.25) is 0 Å². The van der Waals surface area contributed by atoms with Gasteiger partial charge < -0.3 is 16.2 Å². The fourth-order valence-corrected chi connectivity index (χ4v) is 1.46. The second-order valence-electron chi connectivity index (χ2n) is 3.41. The SMILES string of the molecule is CC(C(N)=O)N1CC(=O)NCC1C(=O)O. The average molecular weight is 215 g/mol. The van der Waals surface area contributed by atoms with Crippen LogP contribution in [0.1, 0.15) is 6.92 Å². The Kier molecular flexibility index (Phi) is 3.25. The molecule has 7 nitrogen and oxygen atoms in total. The van der Waals surface area contributed by atoms with Crippen LogP contribution in [0.3, 0.4) is 0 Å². The molecule has 15 heavy (non-hydrogen) atoms. The van der Waals surface area contributed by atoms with Crippen molar-refractivity contribution in [3.8, 4) is 0 Å². The lowest BCUT2D eigenvalue weighted by molar-refractivity contribution is -0.148. The number of aliphatic carboxylic acids is 1. The highest BCUT2D eigenvalue weighted by atomic mass is 16.4. The molecule has 84 valence electrons. The van der Waals surface area contributed by atoms with Gasteiger partial charge in [0, 0.05) is 6.54 Å². The minimum atomic E-state index is -1.08. The number of nitrogens with two attached hydrogens (primary N) is 1. The maximum absolute atomic E-state index is 11.1. The van der Waals surface area contributed by atoms with Gasteiger partial charge in [0.25, 0.3) is 0 Å². The van der Waals surface area contributed by atoms with Crippen molar-refractivity contribution < 1.29 is 19.5 Å². The van der Waals surface area contributed by atoms with E-state index in [1.54, 1.807) is 0 Å². The van der Waals surface area contributed by atoms with E-state index in [2.05, 4.69) is 5.32 Å². The zero-order valence-corrected chi connectivity index (χ0v) is 8.27. The molecule has 2 atom stereocenters. The van der Waals surface area contributed by atoms with Crippen molar-refractivity contribution in [2.24, 2.45) is 5.73 Å². The van der Waals surface area contributed by atoms with Gasteiger partial charge in [0.1, 0.15) is 6.04 Å². The van der Waals surface area contributed by atoms with Gasteiger partial charge in [-0.1, -0.05) is 0 Å². The van der Waals surface area contributed by atoms with Crippen molar-refractivity contribution >= 4 is 17.8 Å². The standard InChI is InChI=1S/C8H13N3O4/c1-4(7(9)13)11-3-6(12)10-2-5(11)8(14)15/h4-5H,2-3H2,1H3,(H2,9,13)(H,10,12)(H,14,15). The van der Waals surface area contributed by atoms with E-state index in [4.69, 9.17) is 10.8 Å². The smallest absolute Gasteiger partial charge is 0.322 e. The summed E-state index contributed by atoms with van der Waals surface area (Å²) in [6.45, 7) is 1.35. The number of carbonyl (C=O) groups excluding carboxylic acids is 2. The van der Waals surface area contributed by atoms with Crippen LogP contribution in [0.15, 0.2) is 0 Å². The third-order valence-corrected chi connectivity index (χ3v) is 2.41. The summed E-state index contributed by atoms with van der Waals surface area (Å²) in [6.07, 6.45) is 0. The van der Waals surface area contributed by atoms with Gasteiger partial charge in [-0.3, -0.25) is 19.3 Å². The van der Waals surface area contributed by atoms with Crippen molar-refractivity contribution in [1.82, 2.24) is 10.2 Å². The van der Waals surface area contributed by atoms with Crippen LogP contribution < -0.4 is 11.1 Å². The molecule has 0 radical (unpaired) electrons. The van der Waals surface area contributed by atoms with Crippen molar-refractivity contribution in [2.75, 3.05) is 13.1 Å². The highest BCUT2D eigenvalue weighted by molar-refractivity contribution is 5.86. The van der Waals surface area contributed by atoms with Gasteiger partial charge >= 0.3 is 5.97 Å². The second kappa shape index (κ2) is 4.26. The van der Waals surface area contributed by atoms with E-state index in [1.807, 2.05) is 0 Å². The molecule has 0 saturated carbocycles. The summed E-state index contributed by atoms with van der Waals surface area (Å²) in [5.41, 5.74) is 5.07. The molecule has 1 aliphatic heterocycles. The summed E-state index contributed by atoms with van der Waals surface area (Å²) in [5, 5.41) is 11.3. The van der Waals surface area contributed by atoms with Crippen molar-refractivity contribution in [3.63, 3.8) is 0 Å². The van der Waals surface area contributed by atoms with E-state index in [0.29, 0.717) is 0 Å². The van der Waals surface area contributed by atoms with Gasteiger partial charge in [-0.2, -0.15) is 0 Å². The highest BCUT2D eigenvalue weighted by Gasteiger charge is 2.36. The second-order valence-corrected chi connectivity index (χ2v) is 3.41. The number of carboxylic acid groups (broad SMARTS) is 1. The fraction of sp³-hybridized carbons (Fsp3) is 0.625. The maximum atomic E-state index is 11.1. The number of amides is 2. The molecule has 0 aliphatic carbocycles. The van der Waals surface area contributed by atoms with Crippen LogP contribution in [0.25, 0.3) is 0 Å². The number of nitrogens with zero attached hydrogens (tertiary/aromatic N) is 1. The third-order valence-electron chi connectivity index (χ3n) is 2.41. The maximum Gasteiger partial charge on any atom is 0.322 e. The van der Waals surface area contributed by atoms with Crippen LogP contribution in [0, 0.1) is 0 Å². The number of nitrogens with one attached hydrogen (secondary N) is 1. The number of piperazine rings is 1. The predicted molar refractivity (Wildman–Crippen MR) is 49.8 cm³/mol. The number of hydrogen-bond acceptors (Lipinski definition) is 4. The Balaban J connectivity index is 2.83. The third kappa shape index (κ3) is 2.44. The molecule has 4 N–H and O–H groups in total. The molecule has 1 heterocycles. The molecular weight excluding hydrogens is 202 g/mol. The van der Waals surface area contributed by atoms with E-state index in [1.165, 1.54) is 11.8 Å².